The Morgan fingerprint density at radius 3 is 2.71 bits per heavy atom. The van der Waals surface area contributed by atoms with Crippen molar-refractivity contribution in [2.45, 2.75) is 13.8 Å². The molecule has 6 nitrogen and oxygen atoms in total. The second kappa shape index (κ2) is 4.84. The smallest absolute Gasteiger partial charge is 0.308 e. The van der Waals surface area contributed by atoms with Gasteiger partial charge >= 0.3 is 5.97 Å². The van der Waals surface area contributed by atoms with Gasteiger partial charge in [0, 0.05) is 25.5 Å². The second-order valence-corrected chi connectivity index (χ2v) is 6.70. The highest BCUT2D eigenvalue weighted by Gasteiger charge is 2.37. The molecule has 2 aromatic rings. The van der Waals surface area contributed by atoms with Gasteiger partial charge in [0.15, 0.2) is 0 Å². The Morgan fingerprint density at radius 2 is 2.14 bits per heavy atom. The molecule has 2 aromatic heterocycles. The lowest BCUT2D eigenvalue weighted by molar-refractivity contribution is -0.142. The molecule has 1 amide bonds. The molecule has 7 heteroatoms. The lowest BCUT2D eigenvalue weighted by Gasteiger charge is -2.14. The maximum absolute atomic E-state index is 12.6. The Kier molecular flexibility index (Phi) is 3.24. The highest BCUT2D eigenvalue weighted by Crippen LogP contribution is 2.31. The molecule has 1 N–H and O–H groups in total. The van der Waals surface area contributed by atoms with Crippen LogP contribution in [0.15, 0.2) is 6.07 Å². The molecule has 0 radical (unpaired) electrons. The number of carbonyl (C=O) groups is 2. The Labute approximate surface area is 126 Å². The van der Waals surface area contributed by atoms with Crippen LogP contribution in [0.5, 0.6) is 0 Å². The number of amides is 1. The summed E-state index contributed by atoms with van der Waals surface area (Å²) >= 11 is 1.41. The molecule has 3 rings (SSSR count). The van der Waals surface area contributed by atoms with Gasteiger partial charge in [-0.25, -0.2) is 0 Å². The first-order chi connectivity index (χ1) is 9.88. The zero-order valence-corrected chi connectivity index (χ0v) is 13.0. The van der Waals surface area contributed by atoms with Crippen molar-refractivity contribution in [2.75, 3.05) is 13.1 Å². The molecule has 0 bridgehead atoms. The summed E-state index contributed by atoms with van der Waals surface area (Å²) in [4.78, 5) is 27.0. The van der Waals surface area contributed by atoms with Gasteiger partial charge in [0.25, 0.3) is 5.91 Å². The van der Waals surface area contributed by atoms with E-state index in [1.165, 1.54) is 11.3 Å². The van der Waals surface area contributed by atoms with Crippen molar-refractivity contribution in [3.63, 3.8) is 0 Å². The molecule has 0 aromatic carbocycles. The molecule has 1 saturated heterocycles. The molecule has 112 valence electrons. The van der Waals surface area contributed by atoms with Crippen molar-refractivity contribution in [1.82, 2.24) is 14.7 Å². The predicted molar refractivity (Wildman–Crippen MR) is 79.5 cm³/mol. The fraction of sp³-hybridized carbons (Fsp3) is 0.500. The number of aromatic nitrogens is 2. The van der Waals surface area contributed by atoms with Gasteiger partial charge in [-0.3, -0.25) is 14.3 Å². The predicted octanol–water partition coefficient (Wildman–Crippen LogP) is 1.74. The maximum Gasteiger partial charge on any atom is 0.308 e. The summed E-state index contributed by atoms with van der Waals surface area (Å²) in [6.45, 7) is 4.59. The summed E-state index contributed by atoms with van der Waals surface area (Å²) in [6, 6.07) is 1.86. The fourth-order valence-corrected chi connectivity index (χ4v) is 4.01. The van der Waals surface area contributed by atoms with Crippen molar-refractivity contribution in [2.24, 2.45) is 18.9 Å². The van der Waals surface area contributed by atoms with E-state index in [0.29, 0.717) is 18.0 Å². The van der Waals surface area contributed by atoms with Crippen LogP contribution in [0.25, 0.3) is 10.2 Å². The largest absolute Gasteiger partial charge is 0.481 e. The zero-order valence-electron chi connectivity index (χ0n) is 12.2. The molecule has 0 unspecified atom stereocenters. The first-order valence-electron chi connectivity index (χ1n) is 6.83. The first-order valence-corrected chi connectivity index (χ1v) is 7.65. The van der Waals surface area contributed by atoms with Crippen molar-refractivity contribution in [1.29, 1.82) is 0 Å². The highest BCUT2D eigenvalue weighted by atomic mass is 32.1. The number of thiophene rings is 1. The van der Waals surface area contributed by atoms with E-state index in [-0.39, 0.29) is 11.8 Å². The number of carbonyl (C=O) groups excluding carboxylic acids is 1. The Morgan fingerprint density at radius 1 is 1.43 bits per heavy atom. The van der Waals surface area contributed by atoms with Crippen molar-refractivity contribution in [3.8, 4) is 0 Å². The number of aryl methyl sites for hydroxylation is 2. The van der Waals surface area contributed by atoms with Gasteiger partial charge in [-0.05, 0) is 18.9 Å². The number of rotatable bonds is 2. The van der Waals surface area contributed by atoms with Crippen molar-refractivity contribution >= 4 is 33.4 Å². The number of hydrogen-bond donors (Lipinski definition) is 1. The molecule has 1 aliphatic heterocycles. The zero-order chi connectivity index (χ0) is 15.3. The fourth-order valence-electron chi connectivity index (χ4n) is 2.92. The number of nitrogens with zero attached hydrogens (tertiary/aromatic N) is 3. The van der Waals surface area contributed by atoms with Gasteiger partial charge in [-0.1, -0.05) is 6.92 Å². The Hall–Kier alpha value is -1.89. The van der Waals surface area contributed by atoms with E-state index in [2.05, 4.69) is 5.10 Å². The van der Waals surface area contributed by atoms with E-state index in [4.69, 9.17) is 5.11 Å². The lowest BCUT2D eigenvalue weighted by atomic mass is 9.99. The molecule has 2 atom stereocenters. The molecule has 0 aliphatic carbocycles. The lowest BCUT2D eigenvalue weighted by Crippen LogP contribution is -2.29. The van der Waals surface area contributed by atoms with Crippen LogP contribution in [0.1, 0.15) is 22.3 Å². The van der Waals surface area contributed by atoms with Crippen molar-refractivity contribution < 1.29 is 14.7 Å². The summed E-state index contributed by atoms with van der Waals surface area (Å²) in [7, 11) is 1.86. The van der Waals surface area contributed by atoms with E-state index < -0.39 is 11.9 Å². The molecule has 1 aliphatic rings. The van der Waals surface area contributed by atoms with Crippen LogP contribution in [0.3, 0.4) is 0 Å². The number of likely N-dealkylation sites (tertiary alicyclic amines) is 1. The van der Waals surface area contributed by atoms with Gasteiger partial charge < -0.3 is 10.0 Å². The first kappa shape index (κ1) is 14.1. The summed E-state index contributed by atoms with van der Waals surface area (Å²) < 4.78 is 1.78. The van der Waals surface area contributed by atoms with Gasteiger partial charge in [0.1, 0.15) is 4.83 Å². The average molecular weight is 307 g/mol. The van der Waals surface area contributed by atoms with Crippen LogP contribution >= 0.6 is 11.3 Å². The van der Waals surface area contributed by atoms with E-state index in [1.54, 1.807) is 9.58 Å². The number of fused-ring (bicyclic) bond motifs is 1. The molecule has 1 fully saturated rings. The van der Waals surface area contributed by atoms with Gasteiger partial charge in [0.2, 0.25) is 0 Å². The van der Waals surface area contributed by atoms with E-state index >= 15 is 0 Å². The van der Waals surface area contributed by atoms with E-state index in [1.807, 2.05) is 27.0 Å². The van der Waals surface area contributed by atoms with Gasteiger partial charge in [-0.2, -0.15) is 5.10 Å². The minimum absolute atomic E-state index is 0.00997. The third-order valence-corrected chi connectivity index (χ3v) is 5.31. The minimum Gasteiger partial charge on any atom is -0.481 e. The molecular formula is C14H17N3O3S. The van der Waals surface area contributed by atoms with Crippen LogP contribution in [0.4, 0.5) is 0 Å². The average Bonchev–Trinajstić information content (AvgIpc) is 3.06. The monoisotopic (exact) mass is 307 g/mol. The van der Waals surface area contributed by atoms with Crippen LogP contribution in [-0.4, -0.2) is 44.8 Å². The second-order valence-electron chi connectivity index (χ2n) is 5.67. The summed E-state index contributed by atoms with van der Waals surface area (Å²) in [5, 5.41) is 14.5. The van der Waals surface area contributed by atoms with Gasteiger partial charge in [0.05, 0.1) is 16.5 Å². The molecule has 0 saturated carbocycles. The Bertz CT molecular complexity index is 699. The third kappa shape index (κ3) is 2.21. The number of carboxylic acid groups (broad SMARTS) is 1. The summed E-state index contributed by atoms with van der Waals surface area (Å²) in [5.41, 5.74) is 0.904. The number of carboxylic acids is 1. The summed E-state index contributed by atoms with van der Waals surface area (Å²) in [6.07, 6.45) is 0. The molecule has 3 heterocycles. The highest BCUT2D eigenvalue weighted by molar-refractivity contribution is 7.20. The molecule has 0 spiro atoms. The summed E-state index contributed by atoms with van der Waals surface area (Å²) in [5.74, 6) is -1.38. The van der Waals surface area contributed by atoms with Crippen LogP contribution < -0.4 is 0 Å². The topological polar surface area (TPSA) is 75.4 Å². The maximum atomic E-state index is 12.6. The number of hydrogen-bond acceptors (Lipinski definition) is 4. The third-order valence-electron chi connectivity index (χ3n) is 4.12. The van der Waals surface area contributed by atoms with Crippen LogP contribution in [0, 0.1) is 18.8 Å². The van der Waals surface area contributed by atoms with Crippen molar-refractivity contribution in [3.05, 3.63) is 16.6 Å². The standard InChI is InChI=1S/C14H17N3O3S/c1-7-5-17(6-10(7)14(19)20)12(18)11-4-9-8(2)15-16(3)13(9)21-11/h4,7,10H,5-6H2,1-3H3,(H,19,20)/t7-,10-/m1/s1. The van der Waals surface area contributed by atoms with Crippen LogP contribution in [-0.2, 0) is 11.8 Å². The quantitative estimate of drug-likeness (QED) is 0.917. The molecule has 21 heavy (non-hydrogen) atoms. The SMILES string of the molecule is Cc1nn(C)c2sc(C(=O)N3C[C@@H](C)[C@H](C(=O)O)C3)cc12. The van der Waals surface area contributed by atoms with Gasteiger partial charge in [-0.15, -0.1) is 11.3 Å². The molecular weight excluding hydrogens is 290 g/mol. The van der Waals surface area contributed by atoms with E-state index in [0.717, 1.165) is 15.9 Å². The van der Waals surface area contributed by atoms with Crippen LogP contribution in [0.2, 0.25) is 0 Å². The number of aliphatic carboxylic acids is 1. The van der Waals surface area contributed by atoms with E-state index in [9.17, 15) is 9.59 Å². The normalized spacial score (nSPS) is 22.1. The Balaban J connectivity index is 1.88. The minimum atomic E-state index is -0.825.